The molecule has 0 bridgehead atoms. The number of methoxy groups -OCH3 is 1. The van der Waals surface area contributed by atoms with Crippen molar-refractivity contribution in [3.63, 3.8) is 0 Å². The van der Waals surface area contributed by atoms with Crippen molar-refractivity contribution in [2.24, 2.45) is 0 Å². The van der Waals surface area contributed by atoms with E-state index in [0.717, 1.165) is 22.2 Å². The van der Waals surface area contributed by atoms with Crippen molar-refractivity contribution in [3.05, 3.63) is 58.9 Å². The molecule has 0 spiro atoms. The van der Waals surface area contributed by atoms with Crippen LogP contribution in [0.25, 0.3) is 22.2 Å². The molecular weight excluding hydrogens is 277 g/mol. The van der Waals surface area contributed by atoms with E-state index < -0.39 is 0 Å². The molecule has 0 unspecified atom stereocenters. The van der Waals surface area contributed by atoms with Gasteiger partial charge in [0.15, 0.2) is 0 Å². The number of benzene rings is 2. The van der Waals surface area contributed by atoms with Gasteiger partial charge < -0.3 is 4.74 Å². The minimum Gasteiger partial charge on any atom is -0.494 e. The molecule has 0 fully saturated rings. The first-order chi connectivity index (χ1) is 10.5. The van der Waals surface area contributed by atoms with Crippen LogP contribution in [0.2, 0.25) is 0 Å². The van der Waals surface area contributed by atoms with E-state index >= 15 is 0 Å². The van der Waals surface area contributed by atoms with E-state index in [9.17, 15) is 4.39 Å². The van der Waals surface area contributed by atoms with E-state index in [4.69, 9.17) is 9.72 Å². The maximum Gasteiger partial charge on any atom is 0.145 e. The first kappa shape index (κ1) is 14.5. The van der Waals surface area contributed by atoms with Gasteiger partial charge in [0.1, 0.15) is 17.3 Å². The van der Waals surface area contributed by atoms with Gasteiger partial charge in [0.2, 0.25) is 0 Å². The van der Waals surface area contributed by atoms with E-state index in [2.05, 4.69) is 32.0 Å². The van der Waals surface area contributed by atoms with Crippen LogP contribution in [0.4, 0.5) is 4.39 Å². The molecule has 0 saturated carbocycles. The SMILES string of the molecule is COc1cc2cc(F)c(C)cc2nc1-c1cc(C)cc(C)c1. The van der Waals surface area contributed by atoms with E-state index in [1.165, 1.54) is 17.2 Å². The number of fused-ring (bicyclic) bond motifs is 1. The molecule has 22 heavy (non-hydrogen) atoms. The Morgan fingerprint density at radius 3 is 2.23 bits per heavy atom. The highest BCUT2D eigenvalue weighted by Gasteiger charge is 2.12. The summed E-state index contributed by atoms with van der Waals surface area (Å²) < 4.78 is 19.2. The Kier molecular flexibility index (Phi) is 3.57. The molecule has 0 aliphatic heterocycles. The standard InChI is InChI=1S/C19H18FNO/c1-11-5-12(2)7-15(6-11)19-18(22-4)10-14-9-16(20)13(3)8-17(14)21-19/h5-10H,1-4H3. The normalized spacial score (nSPS) is 11.0. The van der Waals surface area contributed by atoms with Crippen LogP contribution >= 0.6 is 0 Å². The summed E-state index contributed by atoms with van der Waals surface area (Å²) in [5, 5.41) is 0.744. The highest BCUT2D eigenvalue weighted by atomic mass is 19.1. The summed E-state index contributed by atoms with van der Waals surface area (Å²) in [7, 11) is 1.61. The second-order valence-corrected chi connectivity index (χ2v) is 5.71. The largest absolute Gasteiger partial charge is 0.494 e. The Hall–Kier alpha value is -2.42. The minimum absolute atomic E-state index is 0.226. The van der Waals surface area contributed by atoms with E-state index in [1.807, 2.05) is 6.07 Å². The average molecular weight is 295 g/mol. The van der Waals surface area contributed by atoms with Gasteiger partial charge in [-0.05, 0) is 56.7 Å². The molecule has 0 amide bonds. The molecule has 0 radical (unpaired) electrons. The number of halogens is 1. The molecule has 3 aromatic rings. The Labute approximate surface area is 129 Å². The van der Waals surface area contributed by atoms with Crippen LogP contribution in [-0.2, 0) is 0 Å². The number of pyridine rings is 1. The zero-order chi connectivity index (χ0) is 15.9. The first-order valence-electron chi connectivity index (χ1n) is 7.21. The van der Waals surface area contributed by atoms with Crippen LogP contribution in [-0.4, -0.2) is 12.1 Å². The smallest absolute Gasteiger partial charge is 0.145 e. The molecule has 3 heteroatoms. The van der Waals surface area contributed by atoms with Crippen LogP contribution in [0.5, 0.6) is 5.75 Å². The molecule has 0 aliphatic carbocycles. The second kappa shape index (κ2) is 5.41. The van der Waals surface area contributed by atoms with Gasteiger partial charge in [0, 0.05) is 10.9 Å². The predicted octanol–water partition coefficient (Wildman–Crippen LogP) is 4.97. The maximum atomic E-state index is 13.7. The van der Waals surface area contributed by atoms with Gasteiger partial charge in [0.25, 0.3) is 0 Å². The van der Waals surface area contributed by atoms with Gasteiger partial charge in [-0.3, -0.25) is 0 Å². The number of rotatable bonds is 2. The van der Waals surface area contributed by atoms with Crippen molar-refractivity contribution >= 4 is 10.9 Å². The Bertz CT molecular complexity index is 851. The Morgan fingerprint density at radius 2 is 1.59 bits per heavy atom. The number of hydrogen-bond acceptors (Lipinski definition) is 2. The fraction of sp³-hybridized carbons (Fsp3) is 0.211. The van der Waals surface area contributed by atoms with E-state index in [0.29, 0.717) is 11.3 Å². The van der Waals surface area contributed by atoms with Gasteiger partial charge >= 0.3 is 0 Å². The van der Waals surface area contributed by atoms with Crippen molar-refractivity contribution in [1.29, 1.82) is 0 Å². The fourth-order valence-corrected chi connectivity index (χ4v) is 2.75. The lowest BCUT2D eigenvalue weighted by atomic mass is 10.0. The number of aromatic nitrogens is 1. The van der Waals surface area contributed by atoms with Crippen LogP contribution < -0.4 is 4.74 Å². The molecule has 112 valence electrons. The predicted molar refractivity (Wildman–Crippen MR) is 87.9 cm³/mol. The van der Waals surface area contributed by atoms with Crippen molar-refractivity contribution in [2.45, 2.75) is 20.8 Å². The third-order valence-electron chi connectivity index (χ3n) is 3.78. The lowest BCUT2D eigenvalue weighted by molar-refractivity contribution is 0.415. The van der Waals surface area contributed by atoms with Crippen molar-refractivity contribution < 1.29 is 9.13 Å². The number of hydrogen-bond donors (Lipinski definition) is 0. The summed E-state index contributed by atoms with van der Waals surface area (Å²) in [6, 6.07) is 11.4. The van der Waals surface area contributed by atoms with Gasteiger partial charge in [-0.15, -0.1) is 0 Å². The van der Waals surface area contributed by atoms with Crippen molar-refractivity contribution in [3.8, 4) is 17.0 Å². The summed E-state index contributed by atoms with van der Waals surface area (Å²) in [5.74, 6) is 0.427. The average Bonchev–Trinajstić information content (AvgIpc) is 2.46. The maximum absolute atomic E-state index is 13.7. The van der Waals surface area contributed by atoms with E-state index in [1.54, 1.807) is 20.1 Å². The monoisotopic (exact) mass is 295 g/mol. The van der Waals surface area contributed by atoms with Gasteiger partial charge in [0.05, 0.1) is 12.6 Å². The second-order valence-electron chi connectivity index (χ2n) is 5.71. The Morgan fingerprint density at radius 1 is 0.909 bits per heavy atom. The summed E-state index contributed by atoms with van der Waals surface area (Å²) in [6.45, 7) is 5.87. The molecule has 2 nitrogen and oxygen atoms in total. The summed E-state index contributed by atoms with van der Waals surface area (Å²) in [6.07, 6.45) is 0. The quantitative estimate of drug-likeness (QED) is 0.665. The van der Waals surface area contributed by atoms with E-state index in [-0.39, 0.29) is 5.82 Å². The molecule has 2 aromatic carbocycles. The molecular formula is C19H18FNO. The fourth-order valence-electron chi connectivity index (χ4n) is 2.75. The molecule has 1 aromatic heterocycles. The zero-order valence-electron chi connectivity index (χ0n) is 13.2. The minimum atomic E-state index is -0.226. The van der Waals surface area contributed by atoms with Crippen LogP contribution in [0.1, 0.15) is 16.7 Å². The highest BCUT2D eigenvalue weighted by molar-refractivity contribution is 5.85. The summed E-state index contributed by atoms with van der Waals surface area (Å²) >= 11 is 0. The molecule has 0 atom stereocenters. The summed E-state index contributed by atoms with van der Waals surface area (Å²) in [5.41, 5.74) is 5.51. The number of nitrogens with zero attached hydrogens (tertiary/aromatic N) is 1. The van der Waals surface area contributed by atoms with Gasteiger partial charge in [-0.1, -0.05) is 17.2 Å². The third kappa shape index (κ3) is 2.54. The van der Waals surface area contributed by atoms with Gasteiger partial charge in [-0.25, -0.2) is 9.37 Å². The number of aryl methyl sites for hydroxylation is 3. The first-order valence-corrected chi connectivity index (χ1v) is 7.21. The summed E-state index contributed by atoms with van der Waals surface area (Å²) in [4.78, 5) is 4.71. The molecule has 1 heterocycles. The molecule has 0 N–H and O–H groups in total. The van der Waals surface area contributed by atoms with Crippen LogP contribution in [0.3, 0.4) is 0 Å². The topological polar surface area (TPSA) is 22.1 Å². The van der Waals surface area contributed by atoms with Crippen molar-refractivity contribution in [1.82, 2.24) is 4.98 Å². The molecule has 0 saturated heterocycles. The Balaban J connectivity index is 2.30. The number of ether oxygens (including phenoxy) is 1. The van der Waals surface area contributed by atoms with Crippen molar-refractivity contribution in [2.75, 3.05) is 7.11 Å². The molecule has 0 aliphatic rings. The lowest BCUT2D eigenvalue weighted by Crippen LogP contribution is -1.95. The molecule has 3 rings (SSSR count). The highest BCUT2D eigenvalue weighted by Crippen LogP contribution is 2.33. The van der Waals surface area contributed by atoms with Crippen LogP contribution in [0.15, 0.2) is 36.4 Å². The van der Waals surface area contributed by atoms with Crippen LogP contribution in [0, 0.1) is 26.6 Å². The zero-order valence-corrected chi connectivity index (χ0v) is 13.2. The lowest BCUT2D eigenvalue weighted by Gasteiger charge is -2.12. The third-order valence-corrected chi connectivity index (χ3v) is 3.78. The van der Waals surface area contributed by atoms with Gasteiger partial charge in [-0.2, -0.15) is 0 Å².